The van der Waals surface area contributed by atoms with Crippen LogP contribution in [0.15, 0.2) is 54.6 Å². The van der Waals surface area contributed by atoms with Gasteiger partial charge in [-0.2, -0.15) is 4.39 Å². The number of amides is 1. The van der Waals surface area contributed by atoms with E-state index in [0.717, 1.165) is 16.7 Å². The monoisotopic (exact) mass is 315 g/mol. The lowest BCUT2D eigenvalue weighted by Crippen LogP contribution is -2.58. The van der Waals surface area contributed by atoms with Crippen LogP contribution < -0.4 is 5.32 Å². The number of alkyl halides is 1. The van der Waals surface area contributed by atoms with Crippen molar-refractivity contribution in [1.82, 2.24) is 5.32 Å². The molecule has 1 amide bonds. The summed E-state index contributed by atoms with van der Waals surface area (Å²) in [5.41, 5.74) is 2.93. The Morgan fingerprint density at radius 1 is 1.09 bits per heavy atom. The fourth-order valence-corrected chi connectivity index (χ4v) is 2.15. The Labute approximate surface area is 132 Å². The van der Waals surface area contributed by atoms with E-state index in [-0.39, 0.29) is 6.61 Å². The molecule has 1 N–H and O–H groups in total. The van der Waals surface area contributed by atoms with Crippen molar-refractivity contribution in [2.75, 3.05) is 0 Å². The number of carbonyl (C=O) groups excluding carboxylic acids is 2. The third-order valence-corrected chi connectivity index (χ3v) is 3.45. The summed E-state index contributed by atoms with van der Waals surface area (Å²) in [6.45, 7) is 0.0274. The predicted octanol–water partition coefficient (Wildman–Crippen LogP) is 2.80. The number of nitrogens with one attached hydrogen (secondary N) is 1. The van der Waals surface area contributed by atoms with Crippen LogP contribution in [0.25, 0.3) is 11.1 Å². The quantitative estimate of drug-likeness (QED) is 0.881. The molecule has 1 saturated heterocycles. The highest BCUT2D eigenvalue weighted by molar-refractivity contribution is 5.85. The average molecular weight is 315 g/mol. The van der Waals surface area contributed by atoms with Gasteiger partial charge in [-0.15, -0.1) is 0 Å². The van der Waals surface area contributed by atoms with E-state index in [1.165, 1.54) is 0 Å². The van der Waals surface area contributed by atoms with Gasteiger partial charge in [-0.25, -0.2) is 9.59 Å². The van der Waals surface area contributed by atoms with Crippen molar-refractivity contribution in [2.24, 2.45) is 0 Å². The Bertz CT molecular complexity index is 702. The van der Waals surface area contributed by atoms with E-state index in [9.17, 15) is 14.0 Å². The molecule has 118 valence electrons. The molecule has 0 saturated carbocycles. The lowest BCUT2D eigenvalue weighted by atomic mass is 10.0. The second-order valence-electron chi connectivity index (χ2n) is 5.05. The van der Waals surface area contributed by atoms with Crippen LogP contribution in [0, 0.1) is 0 Å². The lowest BCUT2D eigenvalue weighted by Gasteiger charge is -2.28. The molecule has 1 aliphatic rings. The molecular formula is C17H14FNO4. The van der Waals surface area contributed by atoms with Crippen molar-refractivity contribution in [3.05, 3.63) is 60.2 Å². The molecule has 2 aromatic rings. The van der Waals surface area contributed by atoms with Crippen LogP contribution in [0.5, 0.6) is 0 Å². The summed E-state index contributed by atoms with van der Waals surface area (Å²) < 4.78 is 21.9. The minimum absolute atomic E-state index is 0.0274. The molecule has 0 bridgehead atoms. The van der Waals surface area contributed by atoms with Crippen LogP contribution >= 0.6 is 0 Å². The first-order valence-electron chi connectivity index (χ1n) is 7.06. The second-order valence-corrected chi connectivity index (χ2v) is 5.05. The van der Waals surface area contributed by atoms with Crippen LogP contribution in [0.1, 0.15) is 5.56 Å². The highest BCUT2D eigenvalue weighted by Gasteiger charge is 2.44. The summed E-state index contributed by atoms with van der Waals surface area (Å²) in [5.74, 6) is -0.804. The molecule has 2 atom stereocenters. The average Bonchev–Trinajstić information content (AvgIpc) is 2.59. The molecule has 2 aromatic carbocycles. The number of alkyl carbamates (subject to hydrolysis) is 1. The maximum absolute atomic E-state index is 12.8. The fraction of sp³-hybridized carbons (Fsp3) is 0.176. The zero-order valence-electron chi connectivity index (χ0n) is 12.1. The van der Waals surface area contributed by atoms with Gasteiger partial charge < -0.3 is 14.8 Å². The molecule has 1 aliphatic heterocycles. The summed E-state index contributed by atoms with van der Waals surface area (Å²) in [6, 6.07) is 16.1. The van der Waals surface area contributed by atoms with E-state index < -0.39 is 24.5 Å². The normalized spacial score (nSPS) is 19.4. The molecule has 23 heavy (non-hydrogen) atoms. The van der Waals surface area contributed by atoms with Gasteiger partial charge >= 0.3 is 12.1 Å². The maximum atomic E-state index is 12.8. The Morgan fingerprint density at radius 2 is 1.74 bits per heavy atom. The number of esters is 1. The third-order valence-electron chi connectivity index (χ3n) is 3.45. The molecule has 0 aromatic heterocycles. The number of cyclic esters (lactones) is 1. The summed E-state index contributed by atoms with van der Waals surface area (Å²) in [4.78, 5) is 22.4. The van der Waals surface area contributed by atoms with Gasteiger partial charge in [-0.05, 0) is 16.7 Å². The van der Waals surface area contributed by atoms with E-state index in [2.05, 4.69) is 10.1 Å². The van der Waals surface area contributed by atoms with Crippen molar-refractivity contribution in [3.8, 4) is 11.1 Å². The minimum atomic E-state index is -1.81. The Morgan fingerprint density at radius 3 is 2.35 bits per heavy atom. The number of ether oxygens (including phenoxy) is 2. The van der Waals surface area contributed by atoms with Crippen LogP contribution in [-0.4, -0.2) is 24.5 Å². The fourth-order valence-electron chi connectivity index (χ4n) is 2.15. The maximum Gasteiger partial charge on any atom is 0.408 e. The molecule has 2 unspecified atom stereocenters. The summed E-state index contributed by atoms with van der Waals surface area (Å²) in [7, 11) is 0. The number of halogens is 1. The molecule has 0 spiro atoms. The smallest absolute Gasteiger partial charge is 0.408 e. The standard InChI is InChI=1S/C17H14FNO4/c18-15-14(16(20)23-15)19-17(21)22-10-11-6-8-13(9-7-11)12-4-2-1-3-5-12/h1-9,14-15H,10H2,(H,19,21). The van der Waals surface area contributed by atoms with Gasteiger partial charge in [0.25, 0.3) is 6.36 Å². The van der Waals surface area contributed by atoms with Crippen LogP contribution in [0.2, 0.25) is 0 Å². The molecule has 3 rings (SSSR count). The van der Waals surface area contributed by atoms with Gasteiger partial charge in [-0.3, -0.25) is 0 Å². The van der Waals surface area contributed by atoms with E-state index >= 15 is 0 Å². The van der Waals surface area contributed by atoms with Crippen molar-refractivity contribution < 1.29 is 23.5 Å². The minimum Gasteiger partial charge on any atom is -0.445 e. The van der Waals surface area contributed by atoms with Crippen LogP contribution in [0.3, 0.4) is 0 Å². The number of carbonyl (C=O) groups is 2. The first kappa shape index (κ1) is 15.0. The van der Waals surface area contributed by atoms with E-state index in [1.54, 1.807) is 0 Å². The molecule has 5 nitrogen and oxygen atoms in total. The van der Waals surface area contributed by atoms with Gasteiger partial charge in [0.2, 0.25) is 0 Å². The van der Waals surface area contributed by atoms with E-state index in [1.807, 2.05) is 54.6 Å². The highest BCUT2D eigenvalue weighted by atomic mass is 19.1. The first-order valence-corrected chi connectivity index (χ1v) is 7.06. The van der Waals surface area contributed by atoms with Crippen molar-refractivity contribution in [2.45, 2.75) is 19.0 Å². The molecule has 1 heterocycles. The van der Waals surface area contributed by atoms with Crippen molar-refractivity contribution >= 4 is 12.1 Å². The lowest BCUT2D eigenvalue weighted by molar-refractivity contribution is -0.195. The SMILES string of the molecule is O=C(NC1C(=O)OC1F)OCc1ccc(-c2ccccc2)cc1. The summed E-state index contributed by atoms with van der Waals surface area (Å²) >= 11 is 0. The second kappa shape index (κ2) is 6.48. The Kier molecular flexibility index (Phi) is 4.23. The number of hydrogen-bond donors (Lipinski definition) is 1. The van der Waals surface area contributed by atoms with Gasteiger partial charge in [0.05, 0.1) is 0 Å². The van der Waals surface area contributed by atoms with E-state index in [4.69, 9.17) is 4.74 Å². The molecule has 0 aliphatic carbocycles. The number of rotatable bonds is 4. The van der Waals surface area contributed by atoms with Crippen molar-refractivity contribution in [1.29, 1.82) is 0 Å². The zero-order valence-corrected chi connectivity index (χ0v) is 12.1. The van der Waals surface area contributed by atoms with Crippen LogP contribution in [-0.2, 0) is 20.9 Å². The summed E-state index contributed by atoms with van der Waals surface area (Å²) in [6.07, 6.45) is -2.67. The first-order chi connectivity index (χ1) is 11.1. The summed E-state index contributed by atoms with van der Waals surface area (Å²) in [5, 5.41) is 2.11. The van der Waals surface area contributed by atoms with Crippen LogP contribution in [0.4, 0.5) is 9.18 Å². The molecule has 0 radical (unpaired) electrons. The van der Waals surface area contributed by atoms with E-state index in [0.29, 0.717) is 0 Å². The highest BCUT2D eigenvalue weighted by Crippen LogP contribution is 2.19. The molecule has 1 fully saturated rings. The number of benzene rings is 2. The third kappa shape index (κ3) is 3.48. The zero-order chi connectivity index (χ0) is 16.2. The molecule has 6 heteroatoms. The largest absolute Gasteiger partial charge is 0.445 e. The van der Waals surface area contributed by atoms with Gasteiger partial charge in [-0.1, -0.05) is 54.6 Å². The molecular weight excluding hydrogens is 301 g/mol. The Balaban J connectivity index is 1.52. The topological polar surface area (TPSA) is 64.6 Å². The van der Waals surface area contributed by atoms with Gasteiger partial charge in [0, 0.05) is 0 Å². The van der Waals surface area contributed by atoms with Crippen molar-refractivity contribution in [3.63, 3.8) is 0 Å². The predicted molar refractivity (Wildman–Crippen MR) is 80.0 cm³/mol. The van der Waals surface area contributed by atoms with Gasteiger partial charge in [0.1, 0.15) is 6.61 Å². The Hall–Kier alpha value is -2.89. The van der Waals surface area contributed by atoms with Gasteiger partial charge in [0.15, 0.2) is 6.04 Å². The number of hydrogen-bond acceptors (Lipinski definition) is 4.